The quantitative estimate of drug-likeness (QED) is 0.620. The zero-order valence-corrected chi connectivity index (χ0v) is 14.6. The predicted molar refractivity (Wildman–Crippen MR) is 93.5 cm³/mol. The highest BCUT2D eigenvalue weighted by atomic mass is 35.5. The fourth-order valence-electron chi connectivity index (χ4n) is 2.38. The molecule has 3 aromatic rings. The van der Waals surface area contributed by atoms with Crippen molar-refractivity contribution in [3.8, 4) is 17.2 Å². The van der Waals surface area contributed by atoms with Gasteiger partial charge in [0.2, 0.25) is 6.79 Å². The summed E-state index contributed by atoms with van der Waals surface area (Å²) in [5, 5.41) is 10.2. The van der Waals surface area contributed by atoms with E-state index in [9.17, 15) is 0 Å². The van der Waals surface area contributed by atoms with E-state index in [0.29, 0.717) is 27.3 Å². The third-order valence-electron chi connectivity index (χ3n) is 3.46. The van der Waals surface area contributed by atoms with Crippen LogP contribution in [0.1, 0.15) is 5.56 Å². The van der Waals surface area contributed by atoms with E-state index in [0.717, 1.165) is 16.4 Å². The van der Waals surface area contributed by atoms with E-state index in [1.807, 2.05) is 41.0 Å². The molecule has 1 aliphatic heterocycles. The molecule has 122 valence electrons. The number of nitrogens with zero attached hydrogens (tertiary/aromatic N) is 3. The Morgan fingerprint density at radius 1 is 1.17 bits per heavy atom. The first-order chi connectivity index (χ1) is 11.7. The molecule has 4 rings (SSSR count). The molecule has 0 bridgehead atoms. The molecule has 8 heteroatoms. The molecule has 0 atom stereocenters. The average molecular weight is 380 g/mol. The molecule has 5 nitrogen and oxygen atoms in total. The maximum Gasteiger partial charge on any atom is 0.231 e. The lowest BCUT2D eigenvalue weighted by Gasteiger charge is -2.07. The number of ether oxygens (including phenoxy) is 2. The maximum atomic E-state index is 6.22. The van der Waals surface area contributed by atoms with Crippen LogP contribution in [0.15, 0.2) is 47.9 Å². The smallest absolute Gasteiger partial charge is 0.231 e. The van der Waals surface area contributed by atoms with Gasteiger partial charge in [-0.05, 0) is 35.9 Å². The van der Waals surface area contributed by atoms with Gasteiger partial charge in [-0.15, -0.1) is 10.2 Å². The molecular weight excluding hydrogens is 369 g/mol. The van der Waals surface area contributed by atoms with Gasteiger partial charge < -0.3 is 9.47 Å². The van der Waals surface area contributed by atoms with Crippen molar-refractivity contribution in [2.75, 3.05) is 6.79 Å². The number of fused-ring (bicyclic) bond motifs is 1. The van der Waals surface area contributed by atoms with Crippen LogP contribution >= 0.6 is 35.0 Å². The van der Waals surface area contributed by atoms with Crippen molar-refractivity contribution < 1.29 is 9.47 Å². The van der Waals surface area contributed by atoms with Crippen LogP contribution in [0, 0.1) is 0 Å². The van der Waals surface area contributed by atoms with Gasteiger partial charge >= 0.3 is 0 Å². The summed E-state index contributed by atoms with van der Waals surface area (Å²) in [6.45, 7) is 0.203. The molecule has 2 aromatic carbocycles. The summed E-state index contributed by atoms with van der Waals surface area (Å²) in [7, 11) is 0. The lowest BCUT2D eigenvalue weighted by Crippen LogP contribution is -1.95. The van der Waals surface area contributed by atoms with Crippen LogP contribution in [0.4, 0.5) is 0 Å². The van der Waals surface area contributed by atoms with Crippen LogP contribution in [0.3, 0.4) is 0 Å². The minimum Gasteiger partial charge on any atom is -0.454 e. The predicted octanol–water partition coefficient (Wildman–Crippen LogP) is 4.60. The number of hydrogen-bond donors (Lipinski definition) is 0. The van der Waals surface area contributed by atoms with Gasteiger partial charge in [-0.25, -0.2) is 0 Å². The van der Waals surface area contributed by atoms with E-state index in [2.05, 4.69) is 10.2 Å². The Labute approximate surface area is 152 Å². The van der Waals surface area contributed by atoms with Gasteiger partial charge in [0, 0.05) is 10.8 Å². The molecule has 0 saturated carbocycles. The number of rotatable bonds is 4. The van der Waals surface area contributed by atoms with Crippen LogP contribution in [0.25, 0.3) is 5.69 Å². The van der Waals surface area contributed by atoms with Gasteiger partial charge in [-0.2, -0.15) is 0 Å². The van der Waals surface area contributed by atoms with E-state index in [4.69, 9.17) is 32.7 Å². The number of aromatic nitrogens is 3. The van der Waals surface area contributed by atoms with Crippen LogP contribution < -0.4 is 9.47 Å². The highest BCUT2D eigenvalue weighted by Crippen LogP contribution is 2.40. The van der Waals surface area contributed by atoms with E-state index < -0.39 is 0 Å². The van der Waals surface area contributed by atoms with Crippen molar-refractivity contribution in [2.45, 2.75) is 10.9 Å². The molecule has 0 aliphatic carbocycles. The molecule has 0 spiro atoms. The summed E-state index contributed by atoms with van der Waals surface area (Å²) in [6.07, 6.45) is 1.67. The molecule has 2 heterocycles. The molecule has 0 N–H and O–H groups in total. The second-order valence-corrected chi connectivity index (χ2v) is 6.85. The normalized spacial score (nSPS) is 12.6. The Morgan fingerprint density at radius 2 is 2.08 bits per heavy atom. The Kier molecular flexibility index (Phi) is 4.26. The maximum absolute atomic E-state index is 6.22. The largest absolute Gasteiger partial charge is 0.454 e. The van der Waals surface area contributed by atoms with E-state index in [1.165, 1.54) is 0 Å². The SMILES string of the molecule is Clc1cccc(-n2cnnc2SCc2cc(Cl)c3c(c2)OCO3)c1. The Hall–Kier alpha value is -1.89. The van der Waals surface area contributed by atoms with Gasteiger partial charge in [-0.1, -0.05) is 41.0 Å². The summed E-state index contributed by atoms with van der Waals surface area (Å²) in [6, 6.07) is 11.4. The van der Waals surface area contributed by atoms with Crippen molar-refractivity contribution >= 4 is 35.0 Å². The highest BCUT2D eigenvalue weighted by Gasteiger charge is 2.18. The molecular formula is C16H11Cl2N3O2S. The lowest BCUT2D eigenvalue weighted by atomic mass is 10.2. The Bertz CT molecular complexity index is 901. The minimum absolute atomic E-state index is 0.203. The fraction of sp³-hybridized carbons (Fsp3) is 0.125. The zero-order chi connectivity index (χ0) is 16.5. The van der Waals surface area contributed by atoms with Crippen molar-refractivity contribution in [1.82, 2.24) is 14.8 Å². The van der Waals surface area contributed by atoms with Gasteiger partial charge in [-0.3, -0.25) is 4.57 Å². The summed E-state index contributed by atoms with van der Waals surface area (Å²) >= 11 is 13.8. The van der Waals surface area contributed by atoms with Crippen molar-refractivity contribution in [1.29, 1.82) is 0 Å². The van der Waals surface area contributed by atoms with Crippen molar-refractivity contribution in [3.63, 3.8) is 0 Å². The molecule has 0 amide bonds. The third kappa shape index (κ3) is 3.05. The average Bonchev–Trinajstić information content (AvgIpc) is 3.22. The third-order valence-corrected chi connectivity index (χ3v) is 4.99. The number of hydrogen-bond acceptors (Lipinski definition) is 5. The summed E-state index contributed by atoms with van der Waals surface area (Å²) in [5.74, 6) is 1.96. The molecule has 0 unspecified atom stereocenters. The Balaban J connectivity index is 1.55. The van der Waals surface area contributed by atoms with Gasteiger partial charge in [0.25, 0.3) is 0 Å². The second-order valence-electron chi connectivity index (χ2n) is 5.06. The molecule has 24 heavy (non-hydrogen) atoms. The molecule has 0 fully saturated rings. The van der Waals surface area contributed by atoms with Gasteiger partial charge in [0.15, 0.2) is 16.7 Å². The minimum atomic E-state index is 0.203. The van der Waals surface area contributed by atoms with Crippen LogP contribution in [0.2, 0.25) is 10.0 Å². The first-order valence-corrected chi connectivity index (χ1v) is 8.81. The molecule has 0 saturated heterocycles. The van der Waals surface area contributed by atoms with E-state index in [1.54, 1.807) is 18.1 Å². The summed E-state index contributed by atoms with van der Waals surface area (Å²) < 4.78 is 12.6. The van der Waals surface area contributed by atoms with Gasteiger partial charge in [0.05, 0.1) is 10.7 Å². The second kappa shape index (κ2) is 6.55. The number of benzene rings is 2. The fourth-order valence-corrected chi connectivity index (χ4v) is 3.71. The standard InChI is InChI=1S/C16H11Cl2N3O2S/c17-11-2-1-3-12(6-11)21-8-19-20-16(21)24-7-10-4-13(18)15-14(5-10)22-9-23-15/h1-6,8H,7,9H2. The highest BCUT2D eigenvalue weighted by molar-refractivity contribution is 7.98. The van der Waals surface area contributed by atoms with Crippen LogP contribution in [-0.2, 0) is 5.75 Å². The monoisotopic (exact) mass is 379 g/mol. The number of halogens is 2. The Morgan fingerprint density at radius 3 is 2.96 bits per heavy atom. The topological polar surface area (TPSA) is 49.2 Å². The summed E-state index contributed by atoms with van der Waals surface area (Å²) in [4.78, 5) is 0. The molecule has 1 aliphatic rings. The van der Waals surface area contributed by atoms with E-state index in [-0.39, 0.29) is 6.79 Å². The van der Waals surface area contributed by atoms with Crippen molar-refractivity contribution in [2.24, 2.45) is 0 Å². The number of thioether (sulfide) groups is 1. The van der Waals surface area contributed by atoms with Crippen molar-refractivity contribution in [3.05, 3.63) is 58.3 Å². The first-order valence-electron chi connectivity index (χ1n) is 7.07. The summed E-state index contributed by atoms with van der Waals surface area (Å²) in [5.41, 5.74) is 1.94. The first kappa shape index (κ1) is 15.6. The zero-order valence-electron chi connectivity index (χ0n) is 12.3. The van der Waals surface area contributed by atoms with Crippen LogP contribution in [0.5, 0.6) is 11.5 Å². The molecule has 0 radical (unpaired) electrons. The van der Waals surface area contributed by atoms with Crippen LogP contribution in [-0.4, -0.2) is 21.6 Å². The van der Waals surface area contributed by atoms with E-state index >= 15 is 0 Å². The lowest BCUT2D eigenvalue weighted by molar-refractivity contribution is 0.174. The molecule has 1 aromatic heterocycles. The van der Waals surface area contributed by atoms with Gasteiger partial charge in [0.1, 0.15) is 6.33 Å².